The molecule has 0 saturated carbocycles. The van der Waals surface area contributed by atoms with E-state index in [1.165, 1.54) is 16.9 Å². The van der Waals surface area contributed by atoms with Gasteiger partial charge in [-0.05, 0) is 24.6 Å². The monoisotopic (exact) mass is 316 g/mol. The van der Waals surface area contributed by atoms with Crippen LogP contribution in [0.1, 0.15) is 18.5 Å². The van der Waals surface area contributed by atoms with Crippen LogP contribution < -0.4 is 5.32 Å². The molecule has 16 heavy (non-hydrogen) atoms. The third kappa shape index (κ3) is 2.97. The minimum Gasteiger partial charge on any atom is -0.355 e. The van der Waals surface area contributed by atoms with Gasteiger partial charge in [0.05, 0.1) is 6.04 Å². The van der Waals surface area contributed by atoms with Gasteiger partial charge >= 0.3 is 0 Å². The maximum Gasteiger partial charge on any atom is 0.184 e. The minimum absolute atomic E-state index is 0.208. The summed E-state index contributed by atoms with van der Waals surface area (Å²) in [6.07, 6.45) is 0. The molecule has 0 aliphatic carbocycles. The number of rotatable bonds is 3. The third-order valence-electron chi connectivity index (χ3n) is 2.16. The molecule has 0 amide bonds. The second-order valence-electron chi connectivity index (χ2n) is 3.40. The van der Waals surface area contributed by atoms with Gasteiger partial charge in [-0.2, -0.15) is 0 Å². The van der Waals surface area contributed by atoms with Crippen molar-refractivity contribution >= 4 is 44.0 Å². The summed E-state index contributed by atoms with van der Waals surface area (Å²) in [7, 11) is 0. The van der Waals surface area contributed by atoms with Crippen molar-refractivity contribution in [3.8, 4) is 0 Å². The Balaban J connectivity index is 2.11. The van der Waals surface area contributed by atoms with Crippen molar-refractivity contribution in [3.63, 3.8) is 0 Å². The fraction of sp³-hybridized carbons (Fsp3) is 0.182. The fourth-order valence-corrected chi connectivity index (χ4v) is 2.71. The topological polar surface area (TPSA) is 24.9 Å². The van der Waals surface area contributed by atoms with Gasteiger partial charge in [-0.3, -0.25) is 0 Å². The molecule has 1 aromatic carbocycles. The van der Waals surface area contributed by atoms with Gasteiger partial charge in [0.25, 0.3) is 0 Å². The van der Waals surface area contributed by atoms with Crippen molar-refractivity contribution in [2.75, 3.05) is 5.32 Å². The molecular formula is C11H10BrClN2S. The highest BCUT2D eigenvalue weighted by Crippen LogP contribution is 2.25. The quantitative estimate of drug-likeness (QED) is 0.885. The lowest BCUT2D eigenvalue weighted by atomic mass is 10.1. The molecule has 0 spiro atoms. The molecule has 5 heteroatoms. The summed E-state index contributed by atoms with van der Waals surface area (Å²) in [4.78, 5) is 4.16. The molecule has 2 aromatic rings. The lowest BCUT2D eigenvalue weighted by molar-refractivity contribution is 0.881. The van der Waals surface area contributed by atoms with Crippen LogP contribution >= 0.6 is 38.9 Å². The van der Waals surface area contributed by atoms with Crippen LogP contribution in [0.4, 0.5) is 5.13 Å². The smallest absolute Gasteiger partial charge is 0.184 e. The van der Waals surface area contributed by atoms with Crippen molar-refractivity contribution in [2.24, 2.45) is 0 Å². The molecule has 2 nitrogen and oxygen atoms in total. The lowest BCUT2D eigenvalue weighted by Gasteiger charge is -2.13. The van der Waals surface area contributed by atoms with Gasteiger partial charge in [-0.25, -0.2) is 4.98 Å². The van der Waals surface area contributed by atoms with Gasteiger partial charge in [-0.15, -0.1) is 11.3 Å². The zero-order chi connectivity index (χ0) is 11.5. The first-order valence-corrected chi connectivity index (χ1v) is 6.83. The Morgan fingerprint density at radius 3 is 2.94 bits per heavy atom. The highest BCUT2D eigenvalue weighted by atomic mass is 79.9. The number of benzene rings is 1. The van der Waals surface area contributed by atoms with Crippen LogP contribution in [-0.4, -0.2) is 4.98 Å². The molecule has 0 bridgehead atoms. The number of halogens is 2. The van der Waals surface area contributed by atoms with E-state index in [9.17, 15) is 0 Å². The summed E-state index contributed by atoms with van der Waals surface area (Å²) >= 11 is 10.7. The zero-order valence-corrected chi connectivity index (χ0v) is 11.7. The summed E-state index contributed by atoms with van der Waals surface area (Å²) in [6, 6.07) is 8.41. The first kappa shape index (κ1) is 11.9. The zero-order valence-electron chi connectivity index (χ0n) is 8.58. The maximum atomic E-state index is 5.77. The average Bonchev–Trinajstić information content (AvgIpc) is 2.64. The number of thiazole rings is 1. The van der Waals surface area contributed by atoms with E-state index in [0.717, 1.165) is 9.60 Å². The molecule has 0 saturated heterocycles. The van der Waals surface area contributed by atoms with E-state index < -0.39 is 0 Å². The second-order valence-corrected chi connectivity index (χ2v) is 5.56. The number of nitrogens with zero attached hydrogens (tertiary/aromatic N) is 1. The predicted molar refractivity (Wildman–Crippen MR) is 73.3 cm³/mol. The Labute approximate surface area is 112 Å². The van der Waals surface area contributed by atoms with Crippen LogP contribution in [0.25, 0.3) is 0 Å². The fourth-order valence-electron chi connectivity index (χ4n) is 1.36. The highest BCUT2D eigenvalue weighted by molar-refractivity contribution is 9.10. The molecule has 2 rings (SSSR count). The Kier molecular flexibility index (Phi) is 3.84. The van der Waals surface area contributed by atoms with Crippen LogP contribution in [0, 0.1) is 0 Å². The molecule has 0 aliphatic rings. The first-order valence-electron chi connectivity index (χ1n) is 4.78. The van der Waals surface area contributed by atoms with Gasteiger partial charge in [0.1, 0.15) is 5.15 Å². The SMILES string of the molecule is CC(Nc1nc(Cl)cs1)c1cccc(Br)c1. The van der Waals surface area contributed by atoms with Crippen molar-refractivity contribution in [1.29, 1.82) is 0 Å². The summed E-state index contributed by atoms with van der Waals surface area (Å²) in [6.45, 7) is 2.09. The van der Waals surface area contributed by atoms with Crippen LogP contribution in [0.3, 0.4) is 0 Å². The molecule has 1 atom stereocenters. The molecule has 1 N–H and O–H groups in total. The van der Waals surface area contributed by atoms with Gasteiger partial charge < -0.3 is 5.32 Å². The average molecular weight is 318 g/mol. The molecule has 1 heterocycles. The van der Waals surface area contributed by atoms with Crippen LogP contribution in [0.15, 0.2) is 34.1 Å². The van der Waals surface area contributed by atoms with E-state index in [1.807, 2.05) is 17.5 Å². The lowest BCUT2D eigenvalue weighted by Crippen LogP contribution is -2.05. The van der Waals surface area contributed by atoms with E-state index in [-0.39, 0.29) is 6.04 Å². The Morgan fingerprint density at radius 1 is 1.50 bits per heavy atom. The van der Waals surface area contributed by atoms with Crippen molar-refractivity contribution in [1.82, 2.24) is 4.98 Å². The number of nitrogens with one attached hydrogen (secondary N) is 1. The van der Waals surface area contributed by atoms with E-state index in [1.54, 1.807) is 0 Å². The van der Waals surface area contributed by atoms with Gasteiger partial charge in [0.15, 0.2) is 5.13 Å². The second kappa shape index (κ2) is 5.17. The largest absolute Gasteiger partial charge is 0.355 e. The standard InChI is InChI=1S/C11H10BrClN2S/c1-7(8-3-2-4-9(12)5-8)14-11-15-10(13)6-16-11/h2-7H,1H3,(H,14,15). The van der Waals surface area contributed by atoms with Gasteiger partial charge in [0, 0.05) is 9.85 Å². The van der Waals surface area contributed by atoms with E-state index in [4.69, 9.17) is 11.6 Å². The van der Waals surface area contributed by atoms with E-state index in [2.05, 4.69) is 45.3 Å². The van der Waals surface area contributed by atoms with Crippen LogP contribution in [-0.2, 0) is 0 Å². The number of aromatic nitrogens is 1. The summed E-state index contributed by atoms with van der Waals surface area (Å²) in [5, 5.41) is 6.51. The van der Waals surface area contributed by atoms with Crippen molar-refractivity contribution in [2.45, 2.75) is 13.0 Å². The van der Waals surface area contributed by atoms with Gasteiger partial charge in [0.2, 0.25) is 0 Å². The molecule has 1 aromatic heterocycles. The number of anilines is 1. The van der Waals surface area contributed by atoms with Gasteiger partial charge in [-0.1, -0.05) is 39.7 Å². The first-order chi connectivity index (χ1) is 7.65. The number of hydrogen-bond donors (Lipinski definition) is 1. The third-order valence-corrected chi connectivity index (χ3v) is 3.75. The minimum atomic E-state index is 0.208. The predicted octanol–water partition coefficient (Wildman–Crippen LogP) is 4.73. The van der Waals surface area contributed by atoms with Crippen molar-refractivity contribution < 1.29 is 0 Å². The molecule has 0 radical (unpaired) electrons. The molecule has 0 aliphatic heterocycles. The van der Waals surface area contributed by atoms with Crippen LogP contribution in [0.5, 0.6) is 0 Å². The van der Waals surface area contributed by atoms with Crippen LogP contribution in [0.2, 0.25) is 5.15 Å². The summed E-state index contributed by atoms with van der Waals surface area (Å²) in [5.74, 6) is 0. The van der Waals surface area contributed by atoms with Crippen molar-refractivity contribution in [3.05, 3.63) is 44.8 Å². The maximum absolute atomic E-state index is 5.77. The molecule has 1 unspecified atom stereocenters. The van der Waals surface area contributed by atoms with E-state index in [0.29, 0.717) is 5.15 Å². The summed E-state index contributed by atoms with van der Waals surface area (Å²) in [5.41, 5.74) is 1.21. The Hall–Kier alpha value is -0.580. The molecule has 84 valence electrons. The molecular weight excluding hydrogens is 308 g/mol. The summed E-state index contributed by atoms with van der Waals surface area (Å²) < 4.78 is 1.08. The van der Waals surface area contributed by atoms with E-state index >= 15 is 0 Å². The Bertz CT molecular complexity index is 486. The Morgan fingerprint density at radius 2 is 2.31 bits per heavy atom. The highest BCUT2D eigenvalue weighted by Gasteiger charge is 2.07. The normalized spacial score (nSPS) is 12.4. The molecule has 0 fully saturated rings. The number of hydrogen-bond acceptors (Lipinski definition) is 3.